The minimum atomic E-state index is -2.70. The molecule has 0 aliphatic rings. The summed E-state index contributed by atoms with van der Waals surface area (Å²) in [5.41, 5.74) is 22.4. The maximum atomic E-state index is 14.6. The molecular formula is C91H121BrCl6F7N17O13SSn2. The van der Waals surface area contributed by atoms with Crippen molar-refractivity contribution >= 4 is 145 Å². The number of alkyl halides is 1. The van der Waals surface area contributed by atoms with E-state index in [-0.39, 0.29) is 127 Å². The van der Waals surface area contributed by atoms with Crippen LogP contribution in [0.3, 0.4) is 0 Å². The Morgan fingerprint density at radius 3 is 1.02 bits per heavy atom. The molecule has 0 fully saturated rings. The van der Waals surface area contributed by atoms with E-state index in [4.69, 9.17) is 123 Å². The standard InChI is InChI=1S/C10H8Cl2FN3O.C10H10ClFN4O.C10H9ClFN3O2.C10H9FN3O2.C8H8BrFO2.C8H8FN3O2.C8H10FNO2.6C4H9.C2H.CH4.Cl2OS.2Sn/c1-17-8-3-2-7(6(4-11)10(8)13)16-5-9(12)14-15-16;1-17-8-3-2-7(6(4-13)10(8)12)16-5-9(11)14-15-16;1-17-8-3-2-7(6(5-16)10(8)12)15-4-9(11)13-14-15;1-16-9-3-2-8(7(6-15)10(9)11)14-5-4-12-13-14;1-12-7-3-2-6(9)5(4-11)8(7)10;1-14-7-3-2-6(11-12-10)5(4-13)8(7)9;1-12-7-3-2-6(10)5(4-11)8(7)9;6*1-3-4-2;1-2;;1-4(2)3;;/h2-3,5H,4H2,1H3;2-3,5H,4,13H2,1H3;2-4,16H,5H2,1H3;2-3,5,15H,6H2,1H3;2-3,11H,4H2,1H3;2-3,13H,4H2,1H3;2-3,11H,4,10H2,1H3;6*1,3-4H2,2H3;1H;1H4;;;. The first-order chi connectivity index (χ1) is 65.7. The largest absolute Gasteiger partial charge is 0.494 e. The topological polar surface area (TPSA) is 406 Å². The van der Waals surface area contributed by atoms with E-state index in [0.717, 1.165) is 0 Å². The van der Waals surface area contributed by atoms with Crippen molar-refractivity contribution in [2.45, 2.75) is 198 Å². The Bertz CT molecular complexity index is 5290. The first kappa shape index (κ1) is 126. The first-order valence-corrected chi connectivity index (χ1v) is 63.1. The Kier molecular flexibility index (Phi) is 61.8. The van der Waals surface area contributed by atoms with E-state index in [2.05, 4.69) is 134 Å². The van der Waals surface area contributed by atoms with Crippen LogP contribution in [-0.4, -0.2) is 176 Å². The van der Waals surface area contributed by atoms with Gasteiger partial charge in [-0.3, -0.25) is 0 Å². The van der Waals surface area contributed by atoms with Gasteiger partial charge in [0.1, 0.15) is 0 Å². The van der Waals surface area contributed by atoms with Gasteiger partial charge in [-0.15, -0.1) is 26.9 Å². The van der Waals surface area contributed by atoms with Crippen molar-refractivity contribution in [2.24, 2.45) is 10.8 Å². The summed E-state index contributed by atoms with van der Waals surface area (Å²) in [6, 6.07) is 21.4. The van der Waals surface area contributed by atoms with Gasteiger partial charge >= 0.3 is 280 Å². The van der Waals surface area contributed by atoms with Crippen molar-refractivity contribution in [3.05, 3.63) is 220 Å². The van der Waals surface area contributed by atoms with Gasteiger partial charge in [0.15, 0.2) is 84.9 Å². The zero-order valence-corrected chi connectivity index (χ0v) is 90.9. The first-order valence-electron chi connectivity index (χ1n) is 42.8. The Morgan fingerprint density at radius 2 is 0.717 bits per heavy atom. The second-order valence-electron chi connectivity index (χ2n) is 29.4. The van der Waals surface area contributed by atoms with Gasteiger partial charge in [0.05, 0.1) is 111 Å². The van der Waals surface area contributed by atoms with Crippen LogP contribution in [0.15, 0.2) is 119 Å². The molecule has 760 valence electrons. The molecule has 138 heavy (non-hydrogen) atoms. The molecule has 0 radical (unpaired) electrons. The Balaban J connectivity index is 0.000000538. The number of aliphatic hydroxyl groups excluding tert-OH is 5. The molecule has 7 aromatic carbocycles. The Labute approximate surface area is 848 Å². The zero-order chi connectivity index (χ0) is 102. The van der Waals surface area contributed by atoms with Crippen LogP contribution in [0.2, 0.25) is 42.1 Å². The van der Waals surface area contributed by atoms with Crippen molar-refractivity contribution in [2.75, 3.05) is 55.5 Å². The van der Waals surface area contributed by atoms with Gasteiger partial charge < -0.3 is 60.3 Å². The fourth-order valence-electron chi connectivity index (χ4n) is 13.5. The molecule has 0 bridgehead atoms. The fourth-order valence-corrected chi connectivity index (χ4v) is 41.8. The maximum absolute atomic E-state index is 14.6. The molecule has 0 atom stereocenters. The second kappa shape index (κ2) is 67.9. The monoisotopic (exact) mass is 2350 g/mol. The molecule has 4 aromatic heterocycles. The molecule has 0 saturated carbocycles. The number of unbranched alkanes of at least 4 members (excludes halogenated alkanes) is 6. The molecule has 9 N–H and O–H groups in total. The number of azide groups is 1. The summed E-state index contributed by atoms with van der Waals surface area (Å²) in [7, 11) is 17.0. The number of terminal acetylenes is 1. The van der Waals surface area contributed by atoms with Crippen molar-refractivity contribution in [3.8, 4) is 73.4 Å². The molecule has 11 rings (SSSR count). The van der Waals surface area contributed by atoms with E-state index in [1.165, 1.54) is 238 Å². The summed E-state index contributed by atoms with van der Waals surface area (Å²) in [5, 5.41) is 80.3. The van der Waals surface area contributed by atoms with Crippen molar-refractivity contribution in [1.82, 2.24) is 60.0 Å². The van der Waals surface area contributed by atoms with Gasteiger partial charge in [-0.1, -0.05) is 78.9 Å². The predicted octanol–water partition coefficient (Wildman–Crippen LogP) is 22.8. The number of rotatable bonds is 38. The van der Waals surface area contributed by atoms with Crippen LogP contribution in [0.1, 0.15) is 165 Å². The maximum Gasteiger partial charge on any atom is 0.211 e. The van der Waals surface area contributed by atoms with E-state index in [0.29, 0.717) is 32.8 Å². The minimum Gasteiger partial charge on any atom is -0.494 e. The summed E-state index contributed by atoms with van der Waals surface area (Å²) in [6.07, 6.45) is 27.7. The number of benzene rings is 7. The molecule has 4 heterocycles. The van der Waals surface area contributed by atoms with Crippen molar-refractivity contribution in [3.63, 3.8) is 0 Å². The number of halogens is 14. The van der Waals surface area contributed by atoms with Crippen LogP contribution in [0.4, 0.5) is 42.1 Å². The molecule has 0 aliphatic heterocycles. The number of aliphatic hydroxyl groups is 5. The Morgan fingerprint density at radius 1 is 0.442 bits per heavy atom. The SMILES string of the molecule is C.C#[C][Sn]([CH2]CCC)([CH2]CCC)[CH2]CCC.CCC[CH2][Sn]([CH2]CCC)([CH2]CCC)[c]1cn(-c2ccc(OC)c(F)c2CO)nn1.COc1ccc(-n2cc(Cl)nn2)c(CCl)c1F.COc1ccc(-n2cc(Cl)nn2)c(CN)c1F.COc1ccc(-n2cc(Cl)nn2)c(CO)c1F.COc1ccc(Br)c(CO)c1F.COc1ccc(N)c(CO)c1F.COc1ccc(N=[N+]=[N-])c(CO)c1F.O=S(Cl)Cl. The fraction of sp³-hybridized carbons (Fsp3) is 0.429. The average molecular weight is 2360 g/mol. The van der Waals surface area contributed by atoms with Crippen LogP contribution in [-0.2, 0) is 54.7 Å². The summed E-state index contributed by atoms with van der Waals surface area (Å²) >= 11 is 21.0. The minimum absolute atomic E-state index is 0. The molecular weight excluding hydrogens is 2230 g/mol. The normalized spacial score (nSPS) is 10.6. The van der Waals surface area contributed by atoms with E-state index < -0.39 is 113 Å². The van der Waals surface area contributed by atoms with Crippen LogP contribution in [0, 0.1) is 51.1 Å². The van der Waals surface area contributed by atoms with Crippen molar-refractivity contribution in [1.29, 1.82) is 0 Å². The van der Waals surface area contributed by atoms with E-state index >= 15 is 0 Å². The summed E-state index contributed by atoms with van der Waals surface area (Å²) in [6.45, 7) is 11.4. The smallest absolute Gasteiger partial charge is 0.211 e. The number of nitrogen functional groups attached to an aromatic ring is 1. The van der Waals surface area contributed by atoms with E-state index in [1.54, 1.807) is 41.1 Å². The third kappa shape index (κ3) is 37.8. The number of hydrogen-bond donors (Lipinski definition) is 7. The van der Waals surface area contributed by atoms with Gasteiger partial charge in [-0.05, 0) is 78.3 Å². The van der Waals surface area contributed by atoms with Crippen LogP contribution in [0.5, 0.6) is 40.2 Å². The third-order valence-electron chi connectivity index (χ3n) is 20.9. The summed E-state index contributed by atoms with van der Waals surface area (Å²) < 4.78 is 158. The third-order valence-corrected chi connectivity index (χ3v) is 50.4. The molecule has 0 saturated heterocycles. The second-order valence-corrected chi connectivity index (χ2v) is 59.7. The van der Waals surface area contributed by atoms with Gasteiger partial charge in [0.25, 0.3) is 0 Å². The quantitative estimate of drug-likeness (QED) is 0.00217. The molecule has 0 aliphatic carbocycles. The number of hydrogen-bond acceptors (Lipinski definition) is 24. The molecule has 47 heteroatoms. The molecule has 11 aromatic rings. The number of anilines is 1. The molecule has 0 unspecified atom stereocenters. The number of aromatic nitrogens is 12. The van der Waals surface area contributed by atoms with Crippen LogP contribution >= 0.6 is 83.7 Å². The van der Waals surface area contributed by atoms with Gasteiger partial charge in [-0.25, -0.2) is 44.6 Å². The molecule has 0 spiro atoms. The number of nitrogens with zero attached hydrogens (tertiary/aromatic N) is 15. The molecule has 30 nitrogen and oxygen atoms in total. The van der Waals surface area contributed by atoms with Crippen molar-refractivity contribution < 1.29 is 93.6 Å². The van der Waals surface area contributed by atoms with Crippen LogP contribution < -0.4 is 48.3 Å². The average Bonchev–Trinajstić information content (AvgIpc) is 1.65. The van der Waals surface area contributed by atoms with Gasteiger partial charge in [0.2, 0.25) is 9.23 Å². The van der Waals surface area contributed by atoms with E-state index in [9.17, 15) is 40.9 Å². The van der Waals surface area contributed by atoms with Gasteiger partial charge in [-0.2, -0.15) is 0 Å². The Hall–Kier alpha value is -8.39. The number of ether oxygens (including phenoxy) is 7. The summed E-state index contributed by atoms with van der Waals surface area (Å²) in [4.78, 5) is 2.52. The zero-order valence-electron chi connectivity index (χ0n) is 78.2. The number of nitrogens with two attached hydrogens (primary N) is 2. The van der Waals surface area contributed by atoms with E-state index in [1.807, 2.05) is 6.20 Å². The summed E-state index contributed by atoms with van der Waals surface area (Å²) in [5.74, 6) is -3.31. The number of methoxy groups -OCH3 is 7. The van der Waals surface area contributed by atoms with Crippen LogP contribution in [0.25, 0.3) is 33.2 Å². The van der Waals surface area contributed by atoms with Gasteiger partial charge in [0, 0.05) is 82.0 Å². The molecule has 0 amide bonds. The predicted molar refractivity (Wildman–Crippen MR) is 538 cm³/mol.